The lowest BCUT2D eigenvalue weighted by Gasteiger charge is -2.18. The van der Waals surface area contributed by atoms with Crippen molar-refractivity contribution < 1.29 is 4.79 Å². The van der Waals surface area contributed by atoms with E-state index in [1.807, 2.05) is 31.2 Å². The molecule has 0 saturated heterocycles. The minimum Gasteiger partial charge on any atom is -0.356 e. The van der Waals surface area contributed by atoms with Gasteiger partial charge in [-0.1, -0.05) is 45.2 Å². The van der Waals surface area contributed by atoms with Gasteiger partial charge in [-0.2, -0.15) is 0 Å². The van der Waals surface area contributed by atoms with Crippen LogP contribution in [0.5, 0.6) is 0 Å². The third-order valence-corrected chi connectivity index (χ3v) is 4.34. The summed E-state index contributed by atoms with van der Waals surface area (Å²) in [5.41, 5.74) is 1.81. The van der Waals surface area contributed by atoms with E-state index in [9.17, 15) is 4.79 Å². The van der Waals surface area contributed by atoms with Gasteiger partial charge in [0.2, 0.25) is 0 Å². The first-order valence-electron chi connectivity index (χ1n) is 9.46. The number of amides is 1. The minimum atomic E-state index is -0.0304. The predicted molar refractivity (Wildman–Crippen MR) is 106 cm³/mol. The SMILES string of the molecule is CCCCC(CC)CNC(=NC)NCc1ccc(C(=O)NCC)cc1. The molecule has 1 amide bonds. The molecule has 0 bridgehead atoms. The van der Waals surface area contributed by atoms with Gasteiger partial charge in [-0.25, -0.2) is 0 Å². The molecule has 3 N–H and O–H groups in total. The van der Waals surface area contributed by atoms with Crippen LogP contribution in [-0.4, -0.2) is 32.0 Å². The summed E-state index contributed by atoms with van der Waals surface area (Å²) in [6, 6.07) is 7.66. The lowest BCUT2D eigenvalue weighted by Crippen LogP contribution is -2.39. The highest BCUT2D eigenvalue weighted by atomic mass is 16.1. The Morgan fingerprint density at radius 1 is 1.08 bits per heavy atom. The Morgan fingerprint density at radius 2 is 1.80 bits per heavy atom. The van der Waals surface area contributed by atoms with E-state index in [1.165, 1.54) is 25.7 Å². The molecule has 0 aliphatic heterocycles. The first kappa shape index (κ1) is 21.0. The Balaban J connectivity index is 2.45. The second-order valence-electron chi connectivity index (χ2n) is 6.28. The van der Waals surface area contributed by atoms with E-state index < -0.39 is 0 Å². The van der Waals surface area contributed by atoms with Crippen molar-refractivity contribution in [3.05, 3.63) is 35.4 Å². The number of aliphatic imine (C=N–C) groups is 1. The fourth-order valence-electron chi connectivity index (χ4n) is 2.63. The van der Waals surface area contributed by atoms with Crippen LogP contribution in [0.25, 0.3) is 0 Å². The molecule has 0 aliphatic rings. The second-order valence-corrected chi connectivity index (χ2v) is 6.28. The Labute approximate surface area is 152 Å². The van der Waals surface area contributed by atoms with Crippen molar-refractivity contribution in [3.63, 3.8) is 0 Å². The van der Waals surface area contributed by atoms with Gasteiger partial charge in [-0.3, -0.25) is 9.79 Å². The molecule has 0 aliphatic carbocycles. The van der Waals surface area contributed by atoms with E-state index in [1.54, 1.807) is 7.05 Å². The van der Waals surface area contributed by atoms with Crippen molar-refractivity contribution in [3.8, 4) is 0 Å². The highest BCUT2D eigenvalue weighted by molar-refractivity contribution is 5.94. The van der Waals surface area contributed by atoms with Gasteiger partial charge in [0.1, 0.15) is 0 Å². The zero-order chi connectivity index (χ0) is 18.5. The maximum absolute atomic E-state index is 11.8. The summed E-state index contributed by atoms with van der Waals surface area (Å²) >= 11 is 0. The van der Waals surface area contributed by atoms with Crippen LogP contribution in [-0.2, 0) is 6.54 Å². The van der Waals surface area contributed by atoms with E-state index in [0.29, 0.717) is 24.6 Å². The minimum absolute atomic E-state index is 0.0304. The summed E-state index contributed by atoms with van der Waals surface area (Å²) in [7, 11) is 1.79. The quantitative estimate of drug-likeness (QED) is 0.450. The van der Waals surface area contributed by atoms with Crippen LogP contribution < -0.4 is 16.0 Å². The molecule has 5 heteroatoms. The number of nitrogens with one attached hydrogen (secondary N) is 3. The molecule has 0 heterocycles. The van der Waals surface area contributed by atoms with Crippen molar-refractivity contribution in [1.82, 2.24) is 16.0 Å². The molecule has 1 aromatic carbocycles. The molecule has 5 nitrogen and oxygen atoms in total. The average Bonchev–Trinajstić information content (AvgIpc) is 2.64. The molecule has 0 aromatic heterocycles. The molecule has 25 heavy (non-hydrogen) atoms. The molecule has 1 rings (SSSR count). The van der Waals surface area contributed by atoms with Gasteiger partial charge in [-0.15, -0.1) is 0 Å². The van der Waals surface area contributed by atoms with E-state index in [2.05, 4.69) is 34.8 Å². The average molecular weight is 347 g/mol. The van der Waals surface area contributed by atoms with Gasteiger partial charge < -0.3 is 16.0 Å². The second kappa shape index (κ2) is 12.3. The van der Waals surface area contributed by atoms with E-state index in [-0.39, 0.29) is 5.91 Å². The van der Waals surface area contributed by atoms with Crippen LogP contribution in [0.15, 0.2) is 29.3 Å². The summed E-state index contributed by atoms with van der Waals surface area (Å²) in [5.74, 6) is 1.48. The highest BCUT2D eigenvalue weighted by Gasteiger charge is 2.07. The zero-order valence-electron chi connectivity index (χ0n) is 16.2. The Morgan fingerprint density at radius 3 is 2.36 bits per heavy atom. The molecular weight excluding hydrogens is 312 g/mol. The van der Waals surface area contributed by atoms with Crippen molar-refractivity contribution in [2.24, 2.45) is 10.9 Å². The third kappa shape index (κ3) is 8.05. The standard InChI is InChI=1S/C20H34N4O/c1-5-8-9-16(6-2)14-23-20(21-4)24-15-17-10-12-18(13-11-17)19(25)22-7-3/h10-13,16H,5-9,14-15H2,1-4H3,(H,22,25)(H2,21,23,24). The molecular formula is C20H34N4O. The normalized spacial score (nSPS) is 12.6. The van der Waals surface area contributed by atoms with Crippen LogP contribution in [0.1, 0.15) is 62.4 Å². The Hall–Kier alpha value is -2.04. The molecule has 0 spiro atoms. The number of guanidine groups is 1. The van der Waals surface area contributed by atoms with Crippen molar-refractivity contribution in [2.45, 2.75) is 53.0 Å². The largest absolute Gasteiger partial charge is 0.356 e. The number of hydrogen-bond acceptors (Lipinski definition) is 2. The highest BCUT2D eigenvalue weighted by Crippen LogP contribution is 2.11. The Kier molecular flexibility index (Phi) is 10.4. The first-order chi connectivity index (χ1) is 12.1. The maximum atomic E-state index is 11.8. The van der Waals surface area contributed by atoms with E-state index >= 15 is 0 Å². The summed E-state index contributed by atoms with van der Waals surface area (Å²) in [4.78, 5) is 16.1. The van der Waals surface area contributed by atoms with Crippen molar-refractivity contribution >= 4 is 11.9 Å². The smallest absolute Gasteiger partial charge is 0.251 e. The van der Waals surface area contributed by atoms with Crippen molar-refractivity contribution in [2.75, 3.05) is 20.1 Å². The lowest BCUT2D eigenvalue weighted by molar-refractivity contribution is 0.0956. The summed E-state index contributed by atoms with van der Waals surface area (Å²) in [5, 5.41) is 9.56. The summed E-state index contributed by atoms with van der Waals surface area (Å²) in [6.45, 7) is 8.67. The van der Waals surface area contributed by atoms with Crippen LogP contribution >= 0.6 is 0 Å². The number of carbonyl (C=O) groups excluding carboxylic acids is 1. The fraction of sp³-hybridized carbons (Fsp3) is 0.600. The topological polar surface area (TPSA) is 65.5 Å². The molecule has 0 saturated carbocycles. The van der Waals surface area contributed by atoms with Crippen molar-refractivity contribution in [1.29, 1.82) is 0 Å². The van der Waals surface area contributed by atoms with Gasteiger partial charge in [-0.05, 0) is 37.0 Å². The monoisotopic (exact) mass is 346 g/mol. The number of rotatable bonds is 10. The zero-order valence-corrected chi connectivity index (χ0v) is 16.2. The van der Waals surface area contributed by atoms with Gasteiger partial charge >= 0.3 is 0 Å². The predicted octanol–water partition coefficient (Wildman–Crippen LogP) is 3.32. The maximum Gasteiger partial charge on any atom is 0.251 e. The Bertz CT molecular complexity index is 525. The number of hydrogen-bond donors (Lipinski definition) is 3. The molecule has 0 fully saturated rings. The summed E-state index contributed by atoms with van der Waals surface area (Å²) < 4.78 is 0. The fourth-order valence-corrected chi connectivity index (χ4v) is 2.63. The number of nitrogens with zero attached hydrogens (tertiary/aromatic N) is 1. The van der Waals surface area contributed by atoms with Gasteiger partial charge in [0.05, 0.1) is 0 Å². The molecule has 140 valence electrons. The van der Waals surface area contributed by atoms with Gasteiger partial charge in [0, 0.05) is 32.2 Å². The van der Waals surface area contributed by atoms with E-state index in [4.69, 9.17) is 0 Å². The molecule has 1 atom stereocenters. The molecule has 0 radical (unpaired) electrons. The molecule has 1 unspecified atom stereocenters. The van der Waals surface area contributed by atoms with Crippen LogP contribution in [0.2, 0.25) is 0 Å². The van der Waals surface area contributed by atoms with Gasteiger partial charge in [0.25, 0.3) is 5.91 Å². The van der Waals surface area contributed by atoms with E-state index in [0.717, 1.165) is 18.1 Å². The number of unbranched alkanes of at least 4 members (excludes halogenated alkanes) is 1. The summed E-state index contributed by atoms with van der Waals surface area (Å²) in [6.07, 6.45) is 4.98. The van der Waals surface area contributed by atoms with Gasteiger partial charge in [0.15, 0.2) is 5.96 Å². The van der Waals surface area contributed by atoms with Crippen LogP contribution in [0.4, 0.5) is 0 Å². The number of carbonyl (C=O) groups is 1. The van der Waals surface area contributed by atoms with Crippen LogP contribution in [0, 0.1) is 5.92 Å². The molecule has 1 aromatic rings. The number of benzene rings is 1. The third-order valence-electron chi connectivity index (χ3n) is 4.34. The first-order valence-corrected chi connectivity index (χ1v) is 9.46. The lowest BCUT2D eigenvalue weighted by atomic mass is 9.99. The van der Waals surface area contributed by atoms with Crippen LogP contribution in [0.3, 0.4) is 0 Å².